The van der Waals surface area contributed by atoms with Crippen LogP contribution < -0.4 is 0 Å². The fourth-order valence-corrected chi connectivity index (χ4v) is 5.05. The maximum Gasteiger partial charge on any atom is 0.310 e. The summed E-state index contributed by atoms with van der Waals surface area (Å²) in [5.74, 6) is -0.574. The van der Waals surface area contributed by atoms with Gasteiger partial charge >= 0.3 is 5.97 Å². The fraction of sp³-hybridized carbons (Fsp3) is 0.0741. The van der Waals surface area contributed by atoms with Crippen LogP contribution in [0.25, 0.3) is 0 Å². The number of nitrogens with zero attached hydrogens (tertiary/aromatic N) is 4. The first-order chi connectivity index (χ1) is 20.5. The Kier molecular flexibility index (Phi) is 11.3. The van der Waals surface area contributed by atoms with Crippen molar-refractivity contribution < 1.29 is 29.2 Å². The highest BCUT2D eigenvalue weighted by Gasteiger charge is 2.18. The highest BCUT2D eigenvalue weighted by molar-refractivity contribution is 7.99. The summed E-state index contributed by atoms with van der Waals surface area (Å²) < 4.78 is 4.55. The number of nitro groups is 4. The lowest BCUT2D eigenvalue weighted by Gasteiger charge is -2.06. The fourth-order valence-electron chi connectivity index (χ4n) is 3.35. The van der Waals surface area contributed by atoms with Gasteiger partial charge in [0.1, 0.15) is 0 Å². The molecule has 0 amide bonds. The van der Waals surface area contributed by atoms with Crippen LogP contribution in [-0.4, -0.2) is 32.8 Å². The van der Waals surface area contributed by atoms with Gasteiger partial charge in [0.2, 0.25) is 0 Å². The third kappa shape index (κ3) is 9.61. The van der Waals surface area contributed by atoms with Crippen molar-refractivity contribution >= 4 is 52.2 Å². The molecule has 43 heavy (non-hydrogen) atoms. The average Bonchev–Trinajstić information content (AvgIpc) is 2.98. The van der Waals surface area contributed by atoms with E-state index in [9.17, 15) is 45.3 Å². The van der Waals surface area contributed by atoms with Crippen molar-refractivity contribution in [1.29, 1.82) is 0 Å². The average molecular weight is 625 g/mol. The normalized spacial score (nSPS) is 10.2. The van der Waals surface area contributed by atoms with E-state index < -0.39 is 25.7 Å². The van der Waals surface area contributed by atoms with E-state index >= 15 is 0 Å². The minimum atomic E-state index is -0.574. The van der Waals surface area contributed by atoms with Gasteiger partial charge in [-0.3, -0.25) is 45.3 Å². The summed E-state index contributed by atoms with van der Waals surface area (Å²) in [7, 11) is 1.21. The molecule has 0 saturated heterocycles. The number of benzene rings is 4. The quantitative estimate of drug-likeness (QED) is 0.0993. The summed E-state index contributed by atoms with van der Waals surface area (Å²) in [5.41, 5.74) is 0.141. The summed E-state index contributed by atoms with van der Waals surface area (Å²) in [6, 6.07) is 22.6. The number of ether oxygens (including phenoxy) is 1. The molecule has 0 aliphatic carbocycles. The monoisotopic (exact) mass is 624 g/mol. The van der Waals surface area contributed by atoms with Crippen molar-refractivity contribution in [2.24, 2.45) is 0 Å². The van der Waals surface area contributed by atoms with Gasteiger partial charge in [0, 0.05) is 67.6 Å². The van der Waals surface area contributed by atoms with Crippen LogP contribution in [-0.2, 0) is 16.0 Å². The number of carbonyl (C=O) groups is 1. The van der Waals surface area contributed by atoms with Gasteiger partial charge in [-0.1, -0.05) is 23.5 Å². The molecule has 0 fully saturated rings. The molecule has 4 rings (SSSR count). The molecule has 0 atom stereocenters. The van der Waals surface area contributed by atoms with E-state index in [-0.39, 0.29) is 34.7 Å². The van der Waals surface area contributed by atoms with E-state index in [0.29, 0.717) is 4.90 Å². The van der Waals surface area contributed by atoms with Crippen LogP contribution in [0.4, 0.5) is 22.7 Å². The highest BCUT2D eigenvalue weighted by atomic mass is 32.2. The highest BCUT2D eigenvalue weighted by Crippen LogP contribution is 2.33. The zero-order chi connectivity index (χ0) is 31.5. The smallest absolute Gasteiger partial charge is 0.310 e. The van der Waals surface area contributed by atoms with Gasteiger partial charge in [-0.05, 0) is 48.5 Å². The Hall–Kier alpha value is -5.35. The molecule has 0 aromatic heterocycles. The zero-order valence-electron chi connectivity index (χ0n) is 22.1. The van der Waals surface area contributed by atoms with E-state index in [4.69, 9.17) is 0 Å². The van der Waals surface area contributed by atoms with E-state index in [0.717, 1.165) is 14.7 Å². The van der Waals surface area contributed by atoms with E-state index in [1.165, 1.54) is 73.1 Å². The molecule has 0 bridgehead atoms. The number of esters is 1. The Morgan fingerprint density at radius 1 is 0.581 bits per heavy atom. The van der Waals surface area contributed by atoms with Crippen molar-refractivity contribution in [3.8, 4) is 0 Å². The number of hydrogen-bond acceptors (Lipinski definition) is 12. The van der Waals surface area contributed by atoms with Crippen molar-refractivity contribution in [2.75, 3.05) is 7.11 Å². The lowest BCUT2D eigenvalue weighted by molar-refractivity contribution is -0.385. The Balaban J connectivity index is 0.000000242. The summed E-state index contributed by atoms with van der Waals surface area (Å²) in [6.07, 6.45) is -0.207. The topological polar surface area (TPSA) is 199 Å². The predicted molar refractivity (Wildman–Crippen MR) is 156 cm³/mol. The van der Waals surface area contributed by atoms with E-state index in [2.05, 4.69) is 4.74 Å². The minimum absolute atomic E-state index is 0.0190. The number of nitro benzene ring substituents is 4. The molecule has 14 nitrogen and oxygen atoms in total. The van der Waals surface area contributed by atoms with Gasteiger partial charge < -0.3 is 4.74 Å². The van der Waals surface area contributed by atoms with Crippen molar-refractivity contribution in [1.82, 2.24) is 0 Å². The SMILES string of the molecule is COC(=O)Cc1cc(Sc2ccc([N+](=O)[O-])cc2)ccc1[N+](=O)[O-].O=[N+]([O-])c1ccc(Sc2ccc([N+](=O)[O-])cc2)cc1. The van der Waals surface area contributed by atoms with Crippen LogP contribution in [0.15, 0.2) is 111 Å². The number of non-ortho nitro benzene ring substituents is 3. The van der Waals surface area contributed by atoms with Crippen LogP contribution in [0.5, 0.6) is 0 Å². The van der Waals surface area contributed by atoms with Crippen LogP contribution >= 0.6 is 23.5 Å². The standard InChI is InChI=1S/C15H12N2O6S.C12H8N2O4S/c1-23-15(18)9-10-8-13(6-7-14(10)17(21)22)24-12-4-2-11(3-5-12)16(19)20;15-13(16)9-1-5-11(6-2-9)19-12-7-3-10(4-8-12)14(17)18/h2-8H,9H2,1H3;1-8H. The molecule has 0 N–H and O–H groups in total. The summed E-state index contributed by atoms with van der Waals surface area (Å²) in [4.78, 5) is 55.2. The Bertz CT molecular complexity index is 1590. The third-order valence-corrected chi connectivity index (χ3v) is 7.44. The van der Waals surface area contributed by atoms with E-state index in [1.807, 2.05) is 0 Å². The van der Waals surface area contributed by atoms with Crippen molar-refractivity contribution in [3.63, 3.8) is 0 Å². The second-order valence-corrected chi connectivity index (χ2v) is 10.6. The first kappa shape index (κ1) is 32.2. The Morgan fingerprint density at radius 3 is 1.26 bits per heavy atom. The molecule has 0 heterocycles. The molecule has 0 spiro atoms. The third-order valence-electron chi connectivity index (χ3n) is 5.42. The molecule has 0 saturated carbocycles. The maximum absolute atomic E-state index is 11.4. The van der Waals surface area contributed by atoms with Crippen molar-refractivity contribution in [2.45, 2.75) is 26.0 Å². The summed E-state index contributed by atoms with van der Waals surface area (Å²) >= 11 is 2.66. The van der Waals surface area contributed by atoms with Gasteiger partial charge in [0.25, 0.3) is 22.7 Å². The molecular formula is C27H20N4O10S2. The number of hydrogen-bond donors (Lipinski definition) is 0. The van der Waals surface area contributed by atoms with Gasteiger partial charge in [-0.25, -0.2) is 0 Å². The Morgan fingerprint density at radius 2 is 0.930 bits per heavy atom. The van der Waals surface area contributed by atoms with Gasteiger partial charge in [0.05, 0.1) is 33.2 Å². The largest absolute Gasteiger partial charge is 0.469 e. The summed E-state index contributed by atoms with van der Waals surface area (Å²) in [6.45, 7) is 0. The molecule has 16 heteroatoms. The van der Waals surface area contributed by atoms with Crippen molar-refractivity contribution in [3.05, 3.63) is 137 Å². The first-order valence-corrected chi connectivity index (χ1v) is 13.5. The second-order valence-electron chi connectivity index (χ2n) is 8.26. The molecule has 4 aromatic carbocycles. The maximum atomic E-state index is 11.4. The van der Waals surface area contributed by atoms with Crippen LogP contribution in [0.3, 0.4) is 0 Å². The number of rotatable bonds is 10. The Labute approximate surface area is 251 Å². The molecule has 220 valence electrons. The summed E-state index contributed by atoms with van der Waals surface area (Å²) in [5, 5.41) is 42.7. The number of carbonyl (C=O) groups excluding carboxylic acids is 1. The van der Waals surface area contributed by atoms with E-state index in [1.54, 1.807) is 48.5 Å². The lowest BCUT2D eigenvalue weighted by atomic mass is 10.1. The molecule has 0 aliphatic heterocycles. The van der Waals surface area contributed by atoms with Crippen LogP contribution in [0.1, 0.15) is 5.56 Å². The second kappa shape index (κ2) is 15.0. The molecule has 4 aromatic rings. The zero-order valence-corrected chi connectivity index (χ0v) is 23.7. The molecular weight excluding hydrogens is 604 g/mol. The van der Waals surface area contributed by atoms with Gasteiger partial charge in [-0.2, -0.15) is 0 Å². The van der Waals surface area contributed by atoms with Crippen LogP contribution in [0.2, 0.25) is 0 Å². The van der Waals surface area contributed by atoms with Gasteiger partial charge in [0.15, 0.2) is 0 Å². The van der Waals surface area contributed by atoms with Crippen LogP contribution in [0, 0.1) is 40.5 Å². The minimum Gasteiger partial charge on any atom is -0.469 e. The molecule has 0 radical (unpaired) electrons. The lowest BCUT2D eigenvalue weighted by Crippen LogP contribution is -2.07. The molecule has 0 unspecified atom stereocenters. The first-order valence-electron chi connectivity index (χ1n) is 11.9. The molecule has 0 aliphatic rings. The van der Waals surface area contributed by atoms with Gasteiger partial charge in [-0.15, -0.1) is 0 Å². The predicted octanol–water partition coefficient (Wildman–Crippen LogP) is 7.02. The number of methoxy groups -OCH3 is 1.